The SMILES string of the molecule is CCOc1c(Br)cc(C2Oc3nc(SCc4ccccc4Cl)nnc3-c3ccccc3N2C(C)=O)cc1OC. The van der Waals surface area contributed by atoms with Crippen LogP contribution in [0.4, 0.5) is 5.69 Å². The van der Waals surface area contributed by atoms with Crippen LogP contribution in [0.15, 0.2) is 70.3 Å². The summed E-state index contributed by atoms with van der Waals surface area (Å²) in [5.74, 6) is 1.67. The fourth-order valence-electron chi connectivity index (χ4n) is 4.26. The van der Waals surface area contributed by atoms with Crippen molar-refractivity contribution < 1.29 is 19.0 Å². The molecule has 11 heteroatoms. The molecule has 0 aliphatic carbocycles. The Kier molecular flexibility index (Phi) is 8.25. The molecule has 8 nitrogen and oxygen atoms in total. The number of aromatic nitrogens is 3. The maximum absolute atomic E-state index is 13.1. The van der Waals surface area contributed by atoms with Crippen molar-refractivity contribution in [1.29, 1.82) is 0 Å². The molecule has 2 heterocycles. The van der Waals surface area contributed by atoms with E-state index in [9.17, 15) is 4.79 Å². The Bertz CT molecular complexity index is 1540. The minimum absolute atomic E-state index is 0.217. The number of benzene rings is 3. The zero-order valence-electron chi connectivity index (χ0n) is 21.4. The number of thioether (sulfide) groups is 1. The summed E-state index contributed by atoms with van der Waals surface area (Å²) < 4.78 is 18.5. The number of hydrogen-bond donors (Lipinski definition) is 0. The smallest absolute Gasteiger partial charge is 0.247 e. The third-order valence-corrected chi connectivity index (χ3v) is 7.84. The fraction of sp³-hybridized carbons (Fsp3) is 0.214. The molecule has 0 saturated carbocycles. The number of methoxy groups -OCH3 is 1. The van der Waals surface area contributed by atoms with Crippen molar-refractivity contribution >= 4 is 50.9 Å². The minimum atomic E-state index is -0.871. The van der Waals surface area contributed by atoms with Crippen LogP contribution in [0.25, 0.3) is 11.3 Å². The molecule has 1 amide bonds. The highest BCUT2D eigenvalue weighted by molar-refractivity contribution is 9.10. The Morgan fingerprint density at radius 1 is 1.15 bits per heavy atom. The van der Waals surface area contributed by atoms with Gasteiger partial charge in [0.05, 0.1) is 23.9 Å². The Labute approximate surface area is 243 Å². The lowest BCUT2D eigenvalue weighted by atomic mass is 10.1. The first-order valence-corrected chi connectivity index (χ1v) is 14.2. The highest BCUT2D eigenvalue weighted by Gasteiger charge is 2.35. The van der Waals surface area contributed by atoms with Crippen LogP contribution in [0, 0.1) is 0 Å². The number of carbonyl (C=O) groups is 1. The monoisotopic (exact) mass is 626 g/mol. The number of rotatable bonds is 7. The zero-order valence-corrected chi connectivity index (χ0v) is 24.5. The summed E-state index contributed by atoms with van der Waals surface area (Å²) in [4.78, 5) is 19.4. The molecule has 4 aromatic rings. The summed E-state index contributed by atoms with van der Waals surface area (Å²) in [5, 5.41) is 9.93. The summed E-state index contributed by atoms with van der Waals surface area (Å²) in [6, 6.07) is 18.7. The molecule has 1 atom stereocenters. The summed E-state index contributed by atoms with van der Waals surface area (Å²) in [7, 11) is 1.56. The molecular formula is C28H24BrClN4O4S. The maximum Gasteiger partial charge on any atom is 0.247 e. The highest BCUT2D eigenvalue weighted by Crippen LogP contribution is 2.46. The predicted molar refractivity (Wildman–Crippen MR) is 155 cm³/mol. The van der Waals surface area contributed by atoms with E-state index in [1.54, 1.807) is 18.1 Å². The van der Waals surface area contributed by atoms with Crippen LogP contribution in [-0.2, 0) is 10.5 Å². The third kappa shape index (κ3) is 5.54. The second kappa shape index (κ2) is 11.8. The number of carbonyl (C=O) groups excluding carboxylic acids is 1. The lowest BCUT2D eigenvalue weighted by Crippen LogP contribution is -2.36. The zero-order chi connectivity index (χ0) is 27.5. The number of amides is 1. The Morgan fingerprint density at radius 2 is 1.92 bits per heavy atom. The first-order valence-electron chi connectivity index (χ1n) is 12.1. The second-order valence-corrected chi connectivity index (χ2v) is 10.7. The van der Waals surface area contributed by atoms with Crippen LogP contribution in [0.2, 0.25) is 5.02 Å². The van der Waals surface area contributed by atoms with E-state index in [1.165, 1.54) is 18.7 Å². The van der Waals surface area contributed by atoms with Gasteiger partial charge in [0, 0.05) is 28.8 Å². The van der Waals surface area contributed by atoms with E-state index in [0.29, 0.717) is 61.0 Å². The maximum atomic E-state index is 13.1. The summed E-state index contributed by atoms with van der Waals surface area (Å²) >= 11 is 11.3. The van der Waals surface area contributed by atoms with Crippen molar-refractivity contribution in [3.8, 4) is 28.6 Å². The molecule has 0 fully saturated rings. The van der Waals surface area contributed by atoms with Crippen LogP contribution >= 0.6 is 39.3 Å². The van der Waals surface area contributed by atoms with Gasteiger partial charge < -0.3 is 14.2 Å². The highest BCUT2D eigenvalue weighted by atomic mass is 79.9. The Morgan fingerprint density at radius 3 is 2.67 bits per heavy atom. The average molecular weight is 628 g/mol. The van der Waals surface area contributed by atoms with E-state index in [4.69, 9.17) is 30.8 Å². The number of ether oxygens (including phenoxy) is 3. The predicted octanol–water partition coefficient (Wildman–Crippen LogP) is 7.10. The van der Waals surface area contributed by atoms with E-state index in [0.717, 1.165) is 5.56 Å². The number of para-hydroxylation sites is 1. The van der Waals surface area contributed by atoms with E-state index < -0.39 is 6.23 Å². The molecular weight excluding hydrogens is 604 g/mol. The lowest BCUT2D eigenvalue weighted by molar-refractivity contribution is -0.118. The van der Waals surface area contributed by atoms with Crippen LogP contribution in [-0.4, -0.2) is 34.8 Å². The molecule has 0 spiro atoms. The van der Waals surface area contributed by atoms with Gasteiger partial charge in [-0.3, -0.25) is 9.69 Å². The molecule has 0 bridgehead atoms. The molecule has 5 rings (SSSR count). The number of anilines is 1. The summed E-state index contributed by atoms with van der Waals surface area (Å²) in [6.45, 7) is 3.85. The minimum Gasteiger partial charge on any atom is -0.493 e. The van der Waals surface area contributed by atoms with Gasteiger partial charge in [-0.05, 0) is 52.7 Å². The van der Waals surface area contributed by atoms with Crippen LogP contribution in [0.1, 0.15) is 31.2 Å². The molecule has 0 N–H and O–H groups in total. The topological polar surface area (TPSA) is 86.7 Å². The third-order valence-electron chi connectivity index (χ3n) is 5.99. The van der Waals surface area contributed by atoms with E-state index in [1.807, 2.05) is 61.5 Å². The van der Waals surface area contributed by atoms with Crippen molar-refractivity contribution in [2.45, 2.75) is 31.0 Å². The van der Waals surface area contributed by atoms with Crippen LogP contribution < -0.4 is 19.1 Å². The molecule has 0 saturated heterocycles. The molecule has 39 heavy (non-hydrogen) atoms. The van der Waals surface area contributed by atoms with Crippen molar-refractivity contribution in [2.24, 2.45) is 0 Å². The summed E-state index contributed by atoms with van der Waals surface area (Å²) in [5.41, 5.74) is 3.37. The normalized spacial score (nSPS) is 14.1. The summed E-state index contributed by atoms with van der Waals surface area (Å²) in [6.07, 6.45) is -0.871. The molecule has 200 valence electrons. The van der Waals surface area contributed by atoms with Gasteiger partial charge in [-0.1, -0.05) is 59.8 Å². The van der Waals surface area contributed by atoms with Crippen molar-refractivity contribution in [2.75, 3.05) is 18.6 Å². The van der Waals surface area contributed by atoms with E-state index in [-0.39, 0.29) is 11.8 Å². The number of hydrogen-bond acceptors (Lipinski definition) is 8. The van der Waals surface area contributed by atoms with Gasteiger partial charge in [0.1, 0.15) is 0 Å². The molecule has 1 unspecified atom stereocenters. The van der Waals surface area contributed by atoms with Crippen LogP contribution in [0.3, 0.4) is 0 Å². The van der Waals surface area contributed by atoms with Gasteiger partial charge in [0.2, 0.25) is 23.2 Å². The molecule has 1 aromatic heterocycles. The van der Waals surface area contributed by atoms with Crippen molar-refractivity contribution in [3.05, 3.63) is 81.3 Å². The largest absolute Gasteiger partial charge is 0.493 e. The van der Waals surface area contributed by atoms with Gasteiger partial charge in [-0.25, -0.2) is 0 Å². The quantitative estimate of drug-likeness (QED) is 0.201. The number of fused-ring (bicyclic) bond motifs is 3. The van der Waals surface area contributed by atoms with Gasteiger partial charge in [-0.15, -0.1) is 10.2 Å². The average Bonchev–Trinajstić information content (AvgIpc) is 3.08. The van der Waals surface area contributed by atoms with E-state index >= 15 is 0 Å². The lowest BCUT2D eigenvalue weighted by Gasteiger charge is -2.30. The van der Waals surface area contributed by atoms with Crippen LogP contribution in [0.5, 0.6) is 17.4 Å². The fourth-order valence-corrected chi connectivity index (χ4v) is 5.89. The molecule has 0 radical (unpaired) electrons. The van der Waals surface area contributed by atoms with Gasteiger partial charge in [-0.2, -0.15) is 4.98 Å². The molecule has 3 aromatic carbocycles. The van der Waals surface area contributed by atoms with Gasteiger partial charge in [0.15, 0.2) is 17.2 Å². The Balaban J connectivity index is 1.61. The second-order valence-electron chi connectivity index (χ2n) is 8.47. The first-order chi connectivity index (χ1) is 18.9. The Hall–Kier alpha value is -3.34. The number of halogens is 2. The van der Waals surface area contributed by atoms with Gasteiger partial charge in [0.25, 0.3) is 0 Å². The standard InChI is InChI=1S/C28H24BrClN4O4S/c1-4-37-25-20(29)13-18(14-23(25)36-3)27-34(16(2)35)22-12-8-6-10-19(22)24-26(38-27)31-28(33-32-24)39-15-17-9-5-7-11-21(17)30/h5-14,27H,4,15H2,1-3H3. The molecule has 1 aliphatic rings. The molecule has 1 aliphatic heterocycles. The van der Waals surface area contributed by atoms with Gasteiger partial charge >= 0.3 is 0 Å². The van der Waals surface area contributed by atoms with Crippen molar-refractivity contribution in [1.82, 2.24) is 15.2 Å². The van der Waals surface area contributed by atoms with Crippen molar-refractivity contribution in [3.63, 3.8) is 0 Å². The first kappa shape index (κ1) is 27.2. The van der Waals surface area contributed by atoms with E-state index in [2.05, 4.69) is 26.1 Å². The number of nitrogens with zero attached hydrogens (tertiary/aromatic N) is 4.